The van der Waals surface area contributed by atoms with Gasteiger partial charge in [0.2, 0.25) is 0 Å². The lowest BCUT2D eigenvalue weighted by Crippen LogP contribution is -2.39. The SMILES string of the molecule is CC1CC(C)(C)CC1N1CCCNCC1. The summed E-state index contributed by atoms with van der Waals surface area (Å²) < 4.78 is 0. The highest BCUT2D eigenvalue weighted by molar-refractivity contribution is 4.93. The van der Waals surface area contributed by atoms with Crippen LogP contribution in [0.4, 0.5) is 0 Å². The molecule has 0 radical (unpaired) electrons. The van der Waals surface area contributed by atoms with E-state index in [0.29, 0.717) is 5.41 Å². The van der Waals surface area contributed by atoms with Crippen molar-refractivity contribution in [1.82, 2.24) is 10.2 Å². The smallest absolute Gasteiger partial charge is 0.0127 e. The third kappa shape index (κ3) is 2.73. The zero-order chi connectivity index (χ0) is 10.9. The molecule has 2 atom stereocenters. The van der Waals surface area contributed by atoms with Crippen molar-refractivity contribution in [3.05, 3.63) is 0 Å². The molecule has 0 aromatic rings. The Balaban J connectivity index is 1.97. The minimum Gasteiger partial charge on any atom is -0.315 e. The van der Waals surface area contributed by atoms with Gasteiger partial charge in [-0.1, -0.05) is 20.8 Å². The lowest BCUT2D eigenvalue weighted by Gasteiger charge is -2.30. The van der Waals surface area contributed by atoms with E-state index in [2.05, 4.69) is 31.0 Å². The molecule has 0 amide bonds. The fraction of sp³-hybridized carbons (Fsp3) is 1.00. The van der Waals surface area contributed by atoms with Crippen LogP contribution >= 0.6 is 0 Å². The summed E-state index contributed by atoms with van der Waals surface area (Å²) in [5.41, 5.74) is 0.573. The number of nitrogens with one attached hydrogen (secondary N) is 1. The van der Waals surface area contributed by atoms with Crippen LogP contribution in [-0.2, 0) is 0 Å². The third-order valence-corrected chi connectivity index (χ3v) is 4.14. The van der Waals surface area contributed by atoms with Gasteiger partial charge in [-0.25, -0.2) is 0 Å². The van der Waals surface area contributed by atoms with E-state index >= 15 is 0 Å². The number of hydrogen-bond donors (Lipinski definition) is 1. The summed E-state index contributed by atoms with van der Waals surface area (Å²) in [4.78, 5) is 2.74. The van der Waals surface area contributed by atoms with Gasteiger partial charge in [0.05, 0.1) is 0 Å². The van der Waals surface area contributed by atoms with E-state index in [4.69, 9.17) is 0 Å². The van der Waals surface area contributed by atoms with Crippen molar-refractivity contribution in [2.24, 2.45) is 11.3 Å². The van der Waals surface area contributed by atoms with Crippen LogP contribution in [0.3, 0.4) is 0 Å². The monoisotopic (exact) mass is 210 g/mol. The van der Waals surface area contributed by atoms with Crippen LogP contribution in [-0.4, -0.2) is 37.1 Å². The fourth-order valence-electron chi connectivity index (χ4n) is 3.55. The van der Waals surface area contributed by atoms with Crippen molar-refractivity contribution in [3.63, 3.8) is 0 Å². The van der Waals surface area contributed by atoms with Crippen molar-refractivity contribution in [1.29, 1.82) is 0 Å². The van der Waals surface area contributed by atoms with E-state index in [-0.39, 0.29) is 0 Å². The molecular formula is C13H26N2. The lowest BCUT2D eigenvalue weighted by atomic mass is 9.91. The Morgan fingerprint density at radius 1 is 1.13 bits per heavy atom. The second-order valence-corrected chi connectivity index (χ2v) is 6.26. The molecule has 88 valence electrons. The zero-order valence-corrected chi connectivity index (χ0v) is 10.6. The Morgan fingerprint density at radius 3 is 2.60 bits per heavy atom. The second-order valence-electron chi connectivity index (χ2n) is 6.26. The number of rotatable bonds is 1. The predicted molar refractivity (Wildman–Crippen MR) is 65.0 cm³/mol. The molecule has 15 heavy (non-hydrogen) atoms. The molecule has 1 aliphatic carbocycles. The summed E-state index contributed by atoms with van der Waals surface area (Å²) in [5, 5.41) is 3.49. The topological polar surface area (TPSA) is 15.3 Å². The van der Waals surface area contributed by atoms with E-state index in [1.165, 1.54) is 45.4 Å². The van der Waals surface area contributed by atoms with E-state index in [1.807, 2.05) is 0 Å². The first-order valence-corrected chi connectivity index (χ1v) is 6.53. The van der Waals surface area contributed by atoms with Crippen LogP contribution in [0.25, 0.3) is 0 Å². The van der Waals surface area contributed by atoms with Gasteiger partial charge < -0.3 is 5.32 Å². The van der Waals surface area contributed by atoms with Gasteiger partial charge in [-0.05, 0) is 43.7 Å². The Bertz CT molecular complexity index is 205. The summed E-state index contributed by atoms with van der Waals surface area (Å²) in [6.07, 6.45) is 4.12. The summed E-state index contributed by atoms with van der Waals surface area (Å²) in [6.45, 7) is 12.3. The minimum absolute atomic E-state index is 0.573. The van der Waals surface area contributed by atoms with Crippen molar-refractivity contribution in [2.45, 2.75) is 46.1 Å². The molecule has 0 bridgehead atoms. The molecule has 2 heteroatoms. The van der Waals surface area contributed by atoms with E-state index in [1.54, 1.807) is 0 Å². The molecule has 0 aromatic heterocycles. The van der Waals surface area contributed by atoms with Crippen LogP contribution in [0, 0.1) is 11.3 Å². The molecule has 2 unspecified atom stereocenters. The Morgan fingerprint density at radius 2 is 1.93 bits per heavy atom. The number of nitrogens with zero attached hydrogens (tertiary/aromatic N) is 1. The van der Waals surface area contributed by atoms with Crippen LogP contribution in [0.1, 0.15) is 40.0 Å². The molecule has 1 heterocycles. The average Bonchev–Trinajstić information content (AvgIpc) is 2.41. The van der Waals surface area contributed by atoms with Gasteiger partial charge >= 0.3 is 0 Å². The van der Waals surface area contributed by atoms with E-state index in [9.17, 15) is 0 Å². The first-order chi connectivity index (χ1) is 7.08. The molecule has 2 rings (SSSR count). The molecule has 2 nitrogen and oxygen atoms in total. The number of hydrogen-bond acceptors (Lipinski definition) is 2. The summed E-state index contributed by atoms with van der Waals surface area (Å²) in [5.74, 6) is 0.887. The quantitative estimate of drug-likeness (QED) is 0.713. The largest absolute Gasteiger partial charge is 0.315 e. The first-order valence-electron chi connectivity index (χ1n) is 6.53. The molecule has 0 aromatic carbocycles. The zero-order valence-electron chi connectivity index (χ0n) is 10.6. The van der Waals surface area contributed by atoms with Gasteiger partial charge in [-0.3, -0.25) is 4.90 Å². The van der Waals surface area contributed by atoms with E-state index in [0.717, 1.165) is 12.0 Å². The normalized spacial score (nSPS) is 37.8. The Hall–Kier alpha value is -0.0800. The summed E-state index contributed by atoms with van der Waals surface area (Å²) in [6, 6.07) is 0.847. The van der Waals surface area contributed by atoms with E-state index < -0.39 is 0 Å². The second kappa shape index (κ2) is 4.42. The summed E-state index contributed by atoms with van der Waals surface area (Å²) in [7, 11) is 0. The molecule has 2 aliphatic rings. The van der Waals surface area contributed by atoms with Crippen LogP contribution < -0.4 is 5.32 Å². The maximum Gasteiger partial charge on any atom is 0.0127 e. The van der Waals surface area contributed by atoms with Crippen LogP contribution in [0.2, 0.25) is 0 Å². The first kappa shape index (κ1) is 11.4. The van der Waals surface area contributed by atoms with Gasteiger partial charge in [0.15, 0.2) is 0 Å². The lowest BCUT2D eigenvalue weighted by molar-refractivity contribution is 0.172. The van der Waals surface area contributed by atoms with Gasteiger partial charge in [0, 0.05) is 19.1 Å². The van der Waals surface area contributed by atoms with Crippen molar-refractivity contribution < 1.29 is 0 Å². The highest BCUT2D eigenvalue weighted by Crippen LogP contribution is 2.43. The van der Waals surface area contributed by atoms with Gasteiger partial charge in [-0.2, -0.15) is 0 Å². The van der Waals surface area contributed by atoms with Crippen LogP contribution in [0.5, 0.6) is 0 Å². The Kier molecular flexibility index (Phi) is 3.36. The molecule has 1 aliphatic heterocycles. The minimum atomic E-state index is 0.573. The van der Waals surface area contributed by atoms with Gasteiger partial charge in [0.1, 0.15) is 0 Å². The molecule has 1 saturated heterocycles. The molecule has 0 spiro atoms. The van der Waals surface area contributed by atoms with Gasteiger partial charge in [-0.15, -0.1) is 0 Å². The van der Waals surface area contributed by atoms with Crippen LogP contribution in [0.15, 0.2) is 0 Å². The fourth-order valence-corrected chi connectivity index (χ4v) is 3.55. The highest BCUT2D eigenvalue weighted by atomic mass is 15.2. The molecule has 2 fully saturated rings. The average molecular weight is 210 g/mol. The summed E-state index contributed by atoms with van der Waals surface area (Å²) >= 11 is 0. The molecule has 1 N–H and O–H groups in total. The predicted octanol–water partition coefficient (Wildman–Crippen LogP) is 2.11. The molecular weight excluding hydrogens is 184 g/mol. The highest BCUT2D eigenvalue weighted by Gasteiger charge is 2.39. The maximum atomic E-state index is 3.49. The Labute approximate surface area is 94.4 Å². The third-order valence-electron chi connectivity index (χ3n) is 4.14. The maximum absolute atomic E-state index is 3.49. The standard InChI is InChI=1S/C13H26N2/c1-11-9-13(2,3)10-12(11)15-7-4-5-14-6-8-15/h11-12,14H,4-10H2,1-3H3. The molecule has 1 saturated carbocycles. The van der Waals surface area contributed by atoms with Crippen molar-refractivity contribution in [2.75, 3.05) is 26.2 Å². The van der Waals surface area contributed by atoms with Crippen molar-refractivity contribution >= 4 is 0 Å². The van der Waals surface area contributed by atoms with Crippen molar-refractivity contribution in [3.8, 4) is 0 Å². The van der Waals surface area contributed by atoms with Gasteiger partial charge in [0.25, 0.3) is 0 Å².